The van der Waals surface area contributed by atoms with E-state index in [0.717, 1.165) is 16.7 Å². The van der Waals surface area contributed by atoms with E-state index in [4.69, 9.17) is 4.74 Å². The number of rotatable bonds is 1. The summed E-state index contributed by atoms with van der Waals surface area (Å²) in [6.45, 7) is 3.64. The number of ether oxygens (including phenoxy) is 1. The van der Waals surface area contributed by atoms with Crippen LogP contribution in [0.15, 0.2) is 48.2 Å². The van der Waals surface area contributed by atoms with Gasteiger partial charge in [-0.05, 0) is 36.2 Å². The zero-order valence-corrected chi connectivity index (χ0v) is 10.4. The van der Waals surface area contributed by atoms with E-state index in [9.17, 15) is 4.79 Å². The molecule has 1 aliphatic heterocycles. The lowest BCUT2D eigenvalue weighted by molar-refractivity contribution is -0.119. The standard InChI is InChI=1S/C16H14O2/c1-10-15(16(17)11(2)18-10)14-8-7-12-5-3-4-6-13(12)9-14/h3-9,11H,1-2H3. The Balaban J connectivity index is 2.16. The van der Waals surface area contributed by atoms with E-state index in [1.54, 1.807) is 6.92 Å². The van der Waals surface area contributed by atoms with Crippen molar-refractivity contribution in [3.05, 3.63) is 53.8 Å². The first-order valence-electron chi connectivity index (χ1n) is 6.08. The van der Waals surface area contributed by atoms with Crippen LogP contribution in [0.25, 0.3) is 16.3 Å². The zero-order chi connectivity index (χ0) is 12.7. The first kappa shape index (κ1) is 11.0. The highest BCUT2D eigenvalue weighted by Gasteiger charge is 2.30. The van der Waals surface area contributed by atoms with E-state index in [1.807, 2.05) is 37.3 Å². The second-order valence-electron chi connectivity index (χ2n) is 4.62. The molecule has 2 nitrogen and oxygen atoms in total. The third-order valence-corrected chi connectivity index (χ3v) is 3.36. The number of Topliss-reactive ketones (excluding diaryl/α,β-unsaturated/α-hetero) is 1. The number of benzene rings is 2. The van der Waals surface area contributed by atoms with Crippen molar-refractivity contribution < 1.29 is 9.53 Å². The Labute approximate surface area is 106 Å². The summed E-state index contributed by atoms with van der Waals surface area (Å²) < 4.78 is 5.48. The summed E-state index contributed by atoms with van der Waals surface area (Å²) in [4.78, 5) is 12.1. The molecular weight excluding hydrogens is 224 g/mol. The van der Waals surface area contributed by atoms with Crippen LogP contribution in [0.2, 0.25) is 0 Å². The lowest BCUT2D eigenvalue weighted by Crippen LogP contribution is -2.12. The van der Waals surface area contributed by atoms with Crippen LogP contribution in [-0.2, 0) is 9.53 Å². The van der Waals surface area contributed by atoms with E-state index in [2.05, 4.69) is 12.1 Å². The molecule has 2 aromatic rings. The van der Waals surface area contributed by atoms with Crippen LogP contribution in [0.1, 0.15) is 19.4 Å². The molecule has 0 amide bonds. The monoisotopic (exact) mass is 238 g/mol. The number of hydrogen-bond donors (Lipinski definition) is 0. The van der Waals surface area contributed by atoms with Crippen molar-refractivity contribution >= 4 is 22.1 Å². The molecule has 18 heavy (non-hydrogen) atoms. The van der Waals surface area contributed by atoms with E-state index < -0.39 is 0 Å². The van der Waals surface area contributed by atoms with Crippen molar-refractivity contribution in [2.45, 2.75) is 20.0 Å². The van der Waals surface area contributed by atoms with Crippen molar-refractivity contribution in [3.8, 4) is 0 Å². The summed E-state index contributed by atoms with van der Waals surface area (Å²) in [6.07, 6.45) is -0.355. The quantitative estimate of drug-likeness (QED) is 0.759. The van der Waals surface area contributed by atoms with Crippen molar-refractivity contribution in [2.75, 3.05) is 0 Å². The fourth-order valence-corrected chi connectivity index (χ4v) is 2.44. The van der Waals surface area contributed by atoms with Gasteiger partial charge in [0.05, 0.1) is 5.57 Å². The van der Waals surface area contributed by atoms with Gasteiger partial charge in [-0.1, -0.05) is 36.4 Å². The number of carbonyl (C=O) groups excluding carboxylic acids is 1. The van der Waals surface area contributed by atoms with Gasteiger partial charge in [0.25, 0.3) is 0 Å². The van der Waals surface area contributed by atoms with Gasteiger partial charge in [0.1, 0.15) is 5.76 Å². The van der Waals surface area contributed by atoms with E-state index >= 15 is 0 Å². The number of allylic oxidation sites excluding steroid dienone is 1. The summed E-state index contributed by atoms with van der Waals surface area (Å²) in [5.74, 6) is 0.797. The van der Waals surface area contributed by atoms with Crippen molar-refractivity contribution in [1.29, 1.82) is 0 Å². The Hall–Kier alpha value is -2.09. The first-order valence-corrected chi connectivity index (χ1v) is 6.08. The normalized spacial score (nSPS) is 19.4. The molecule has 0 N–H and O–H groups in total. The Bertz CT molecular complexity index is 668. The largest absolute Gasteiger partial charge is 0.486 e. The highest BCUT2D eigenvalue weighted by molar-refractivity contribution is 6.25. The molecule has 0 radical (unpaired) electrons. The third-order valence-electron chi connectivity index (χ3n) is 3.36. The minimum atomic E-state index is -0.355. The van der Waals surface area contributed by atoms with Gasteiger partial charge in [0.15, 0.2) is 6.10 Å². The maximum atomic E-state index is 12.1. The molecule has 0 saturated carbocycles. The summed E-state index contributed by atoms with van der Waals surface area (Å²) in [7, 11) is 0. The Kier molecular flexibility index (Phi) is 2.44. The highest BCUT2D eigenvalue weighted by Crippen LogP contribution is 2.31. The van der Waals surface area contributed by atoms with Crippen LogP contribution < -0.4 is 0 Å². The number of carbonyl (C=O) groups is 1. The van der Waals surface area contributed by atoms with Gasteiger partial charge >= 0.3 is 0 Å². The zero-order valence-electron chi connectivity index (χ0n) is 10.4. The Morgan fingerprint density at radius 1 is 1.06 bits per heavy atom. The first-order chi connectivity index (χ1) is 8.66. The molecule has 2 heteroatoms. The average molecular weight is 238 g/mol. The van der Waals surface area contributed by atoms with Gasteiger partial charge in [-0.15, -0.1) is 0 Å². The van der Waals surface area contributed by atoms with Gasteiger partial charge in [-0.2, -0.15) is 0 Å². The second-order valence-corrected chi connectivity index (χ2v) is 4.62. The summed E-state index contributed by atoms with van der Waals surface area (Å²) in [6, 6.07) is 14.2. The SMILES string of the molecule is CC1=C(c2ccc3ccccc3c2)C(=O)C(C)O1. The van der Waals surface area contributed by atoms with Crippen LogP contribution in [-0.4, -0.2) is 11.9 Å². The van der Waals surface area contributed by atoms with Crippen LogP contribution in [0.4, 0.5) is 0 Å². The topological polar surface area (TPSA) is 26.3 Å². The lowest BCUT2D eigenvalue weighted by atomic mass is 9.97. The molecule has 1 unspecified atom stereocenters. The van der Waals surface area contributed by atoms with Gasteiger partial charge in [-0.25, -0.2) is 0 Å². The number of ketones is 1. The summed E-state index contributed by atoms with van der Waals surface area (Å²) in [5, 5.41) is 2.32. The number of fused-ring (bicyclic) bond motifs is 1. The van der Waals surface area contributed by atoms with Gasteiger partial charge in [0.2, 0.25) is 5.78 Å². The van der Waals surface area contributed by atoms with Gasteiger partial charge < -0.3 is 4.74 Å². The third kappa shape index (κ3) is 1.61. The predicted octanol–water partition coefficient (Wildman–Crippen LogP) is 3.56. The Morgan fingerprint density at radius 2 is 1.78 bits per heavy atom. The molecule has 2 aromatic carbocycles. The molecule has 0 saturated heterocycles. The molecule has 0 fully saturated rings. The summed E-state index contributed by atoms with van der Waals surface area (Å²) in [5.41, 5.74) is 1.66. The van der Waals surface area contributed by atoms with E-state index in [1.165, 1.54) is 5.39 Å². The molecule has 90 valence electrons. The molecule has 0 spiro atoms. The van der Waals surface area contributed by atoms with Crippen molar-refractivity contribution in [3.63, 3.8) is 0 Å². The van der Waals surface area contributed by atoms with Crippen LogP contribution in [0, 0.1) is 0 Å². The average Bonchev–Trinajstić information content (AvgIpc) is 2.63. The molecule has 3 rings (SSSR count). The number of hydrogen-bond acceptors (Lipinski definition) is 2. The van der Waals surface area contributed by atoms with Gasteiger partial charge in [-0.3, -0.25) is 4.79 Å². The van der Waals surface area contributed by atoms with Crippen LogP contribution in [0.5, 0.6) is 0 Å². The molecule has 0 bridgehead atoms. The fourth-order valence-electron chi connectivity index (χ4n) is 2.44. The summed E-state index contributed by atoms with van der Waals surface area (Å²) >= 11 is 0. The maximum Gasteiger partial charge on any atom is 0.206 e. The minimum Gasteiger partial charge on any atom is -0.486 e. The maximum absolute atomic E-state index is 12.1. The van der Waals surface area contributed by atoms with E-state index in [-0.39, 0.29) is 11.9 Å². The molecule has 1 aliphatic rings. The molecule has 0 aromatic heterocycles. The second kappa shape index (κ2) is 3.98. The molecule has 1 heterocycles. The highest BCUT2D eigenvalue weighted by atomic mass is 16.5. The predicted molar refractivity (Wildman–Crippen MR) is 72.1 cm³/mol. The minimum absolute atomic E-state index is 0.0720. The lowest BCUT2D eigenvalue weighted by Gasteiger charge is -2.04. The van der Waals surface area contributed by atoms with Crippen LogP contribution in [0.3, 0.4) is 0 Å². The van der Waals surface area contributed by atoms with E-state index in [0.29, 0.717) is 5.57 Å². The Morgan fingerprint density at radius 3 is 2.44 bits per heavy atom. The van der Waals surface area contributed by atoms with Crippen molar-refractivity contribution in [1.82, 2.24) is 0 Å². The fraction of sp³-hybridized carbons (Fsp3) is 0.188. The van der Waals surface area contributed by atoms with Gasteiger partial charge in [0, 0.05) is 0 Å². The smallest absolute Gasteiger partial charge is 0.206 e. The molecular formula is C16H14O2. The molecule has 0 aliphatic carbocycles. The van der Waals surface area contributed by atoms with Crippen molar-refractivity contribution in [2.24, 2.45) is 0 Å². The molecule has 1 atom stereocenters. The van der Waals surface area contributed by atoms with Crippen LogP contribution >= 0.6 is 0 Å².